The van der Waals surface area contributed by atoms with Gasteiger partial charge in [0, 0.05) is 6.54 Å². The quantitative estimate of drug-likeness (QED) is 0.441. The van der Waals surface area contributed by atoms with Crippen LogP contribution >= 0.6 is 0 Å². The number of carbonyl (C=O) groups excluding carboxylic acids is 1. The van der Waals surface area contributed by atoms with Gasteiger partial charge in [0.2, 0.25) is 15.9 Å². The third kappa shape index (κ3) is 4.47. The largest absolute Gasteiger partial charge is 0.349 e. The van der Waals surface area contributed by atoms with Crippen molar-refractivity contribution in [2.75, 3.05) is 6.54 Å². The summed E-state index contributed by atoms with van der Waals surface area (Å²) in [5.41, 5.74) is 2.69. The Morgan fingerprint density at radius 2 is 1.62 bits per heavy atom. The molecule has 174 valence electrons. The Kier molecular flexibility index (Phi) is 6.17. The van der Waals surface area contributed by atoms with Crippen molar-refractivity contribution in [3.05, 3.63) is 96.3 Å². The maximum Gasteiger partial charge on any atom is 0.243 e. The van der Waals surface area contributed by atoms with Crippen LogP contribution in [0.5, 0.6) is 0 Å². The maximum absolute atomic E-state index is 13.6. The summed E-state index contributed by atoms with van der Waals surface area (Å²) in [5, 5.41) is 2.94. The van der Waals surface area contributed by atoms with E-state index in [9.17, 15) is 13.2 Å². The molecule has 2 heterocycles. The smallest absolute Gasteiger partial charge is 0.243 e. The Labute approximate surface area is 198 Å². The molecule has 1 aromatic heterocycles. The monoisotopic (exact) mass is 474 g/mol. The number of para-hydroxylation sites is 2. The van der Waals surface area contributed by atoms with Gasteiger partial charge in [-0.2, -0.15) is 4.31 Å². The lowest BCUT2D eigenvalue weighted by Crippen LogP contribution is -2.46. The predicted molar refractivity (Wildman–Crippen MR) is 130 cm³/mol. The molecular weight excluding hydrogens is 448 g/mol. The molecule has 8 heteroatoms. The molecule has 1 amide bonds. The number of fused-ring (bicyclic) bond motifs is 1. The minimum atomic E-state index is -3.78. The molecule has 2 unspecified atom stereocenters. The molecule has 0 aliphatic carbocycles. The van der Waals surface area contributed by atoms with Crippen LogP contribution in [0.25, 0.3) is 11.0 Å². The zero-order valence-corrected chi connectivity index (χ0v) is 19.4. The molecule has 7 nitrogen and oxygen atoms in total. The molecule has 0 saturated carbocycles. The Morgan fingerprint density at radius 3 is 2.35 bits per heavy atom. The molecule has 0 spiro atoms. The fourth-order valence-corrected chi connectivity index (χ4v) is 6.27. The molecule has 1 saturated heterocycles. The van der Waals surface area contributed by atoms with E-state index in [1.165, 1.54) is 4.31 Å². The number of carbonyl (C=O) groups is 1. The van der Waals surface area contributed by atoms with E-state index in [-0.39, 0.29) is 29.9 Å². The molecule has 34 heavy (non-hydrogen) atoms. The van der Waals surface area contributed by atoms with Gasteiger partial charge < -0.3 is 10.3 Å². The van der Waals surface area contributed by atoms with Crippen LogP contribution in [0.15, 0.2) is 89.8 Å². The zero-order valence-electron chi connectivity index (χ0n) is 18.6. The Balaban J connectivity index is 1.36. The summed E-state index contributed by atoms with van der Waals surface area (Å²) in [6, 6.07) is 25.4. The van der Waals surface area contributed by atoms with Crippen molar-refractivity contribution in [3.8, 4) is 0 Å². The first-order valence-electron chi connectivity index (χ1n) is 11.4. The molecule has 5 rings (SSSR count). The number of nitrogens with zero attached hydrogens (tertiary/aromatic N) is 2. The van der Waals surface area contributed by atoms with E-state index in [1.807, 2.05) is 54.6 Å². The lowest BCUT2D eigenvalue weighted by Gasteiger charge is -2.38. The number of benzene rings is 3. The van der Waals surface area contributed by atoms with Crippen molar-refractivity contribution in [2.45, 2.75) is 30.3 Å². The van der Waals surface area contributed by atoms with Crippen molar-refractivity contribution in [1.29, 1.82) is 0 Å². The van der Waals surface area contributed by atoms with Crippen molar-refractivity contribution in [2.24, 2.45) is 5.92 Å². The van der Waals surface area contributed by atoms with Crippen LogP contribution in [0.2, 0.25) is 0 Å². The average molecular weight is 475 g/mol. The van der Waals surface area contributed by atoms with Crippen LogP contribution in [0, 0.1) is 5.92 Å². The van der Waals surface area contributed by atoms with E-state index in [0.29, 0.717) is 18.7 Å². The van der Waals surface area contributed by atoms with Gasteiger partial charge in [-0.25, -0.2) is 13.4 Å². The molecular formula is C26H26N4O3S. The summed E-state index contributed by atoms with van der Waals surface area (Å²) >= 11 is 0. The van der Waals surface area contributed by atoms with Gasteiger partial charge in [-0.1, -0.05) is 60.7 Å². The van der Waals surface area contributed by atoms with Crippen molar-refractivity contribution < 1.29 is 13.2 Å². The topological polar surface area (TPSA) is 95.2 Å². The van der Waals surface area contributed by atoms with Crippen LogP contribution in [0.4, 0.5) is 0 Å². The lowest BCUT2D eigenvalue weighted by molar-refractivity contribution is -0.126. The van der Waals surface area contributed by atoms with Crippen LogP contribution < -0.4 is 5.32 Å². The molecule has 1 fully saturated rings. The van der Waals surface area contributed by atoms with Gasteiger partial charge >= 0.3 is 0 Å². The summed E-state index contributed by atoms with van der Waals surface area (Å²) in [6.45, 7) is 0.389. The third-order valence-corrected chi connectivity index (χ3v) is 8.20. The summed E-state index contributed by atoms with van der Waals surface area (Å²) in [5.74, 6) is 0.0596. The number of piperidine rings is 1. The molecule has 0 radical (unpaired) electrons. The number of hydrogen-bond donors (Lipinski definition) is 2. The van der Waals surface area contributed by atoms with Crippen LogP contribution in [0.1, 0.15) is 30.3 Å². The molecule has 2 N–H and O–H groups in total. The summed E-state index contributed by atoms with van der Waals surface area (Å²) in [4.78, 5) is 21.0. The first kappa shape index (κ1) is 22.3. The Morgan fingerprint density at radius 1 is 0.941 bits per heavy atom. The minimum Gasteiger partial charge on any atom is -0.349 e. The van der Waals surface area contributed by atoms with Gasteiger partial charge in [-0.3, -0.25) is 4.79 Å². The number of rotatable bonds is 6. The third-order valence-electron chi connectivity index (χ3n) is 6.31. The van der Waals surface area contributed by atoms with E-state index in [2.05, 4.69) is 15.3 Å². The van der Waals surface area contributed by atoms with Crippen LogP contribution in [0.3, 0.4) is 0 Å². The van der Waals surface area contributed by atoms with E-state index in [0.717, 1.165) is 16.6 Å². The fraction of sp³-hybridized carbons (Fsp3) is 0.231. The van der Waals surface area contributed by atoms with Gasteiger partial charge in [0.1, 0.15) is 5.82 Å². The highest BCUT2D eigenvalue weighted by atomic mass is 32.2. The predicted octanol–water partition coefficient (Wildman–Crippen LogP) is 4.02. The number of hydrogen-bond acceptors (Lipinski definition) is 4. The van der Waals surface area contributed by atoms with Crippen molar-refractivity contribution in [3.63, 3.8) is 0 Å². The van der Waals surface area contributed by atoms with Gasteiger partial charge in [-0.15, -0.1) is 0 Å². The van der Waals surface area contributed by atoms with Gasteiger partial charge in [0.05, 0.1) is 34.4 Å². The lowest BCUT2D eigenvalue weighted by atomic mass is 9.90. The van der Waals surface area contributed by atoms with Crippen molar-refractivity contribution in [1.82, 2.24) is 19.6 Å². The Hall–Kier alpha value is -3.49. The average Bonchev–Trinajstić information content (AvgIpc) is 3.31. The van der Waals surface area contributed by atoms with Crippen molar-refractivity contribution >= 4 is 27.0 Å². The van der Waals surface area contributed by atoms with E-state index < -0.39 is 15.9 Å². The molecule has 4 aromatic rings. The fourth-order valence-electron chi connectivity index (χ4n) is 4.56. The standard InChI is InChI=1S/C26H26N4O3S/c31-26(27-17-25-28-22-13-7-8-14-23(22)29-25)20-15-16-24(19-9-3-1-4-10-19)30(18-20)34(32,33)21-11-5-2-6-12-21/h1-14,20,24H,15-18H2,(H,27,31)(H,28,29). The highest BCUT2D eigenvalue weighted by Gasteiger charge is 2.40. The summed E-state index contributed by atoms with van der Waals surface area (Å²) in [7, 11) is -3.78. The highest BCUT2D eigenvalue weighted by Crippen LogP contribution is 2.37. The molecule has 1 aliphatic rings. The highest BCUT2D eigenvalue weighted by molar-refractivity contribution is 7.89. The van der Waals surface area contributed by atoms with Crippen LogP contribution in [-0.2, 0) is 21.4 Å². The first-order chi connectivity index (χ1) is 16.5. The SMILES string of the molecule is O=C(NCc1nc2ccccc2[nH]1)C1CCC(c2ccccc2)N(S(=O)(=O)c2ccccc2)C1. The second kappa shape index (κ2) is 9.40. The summed E-state index contributed by atoms with van der Waals surface area (Å²) < 4.78 is 28.7. The number of aromatic amines is 1. The molecule has 3 aromatic carbocycles. The molecule has 1 aliphatic heterocycles. The number of H-pyrrole nitrogens is 1. The number of aromatic nitrogens is 2. The maximum atomic E-state index is 13.6. The van der Waals surface area contributed by atoms with Crippen LogP contribution in [-0.4, -0.2) is 35.1 Å². The normalized spacial score (nSPS) is 19.2. The molecule has 0 bridgehead atoms. The number of amides is 1. The van der Waals surface area contributed by atoms with E-state index in [4.69, 9.17) is 0 Å². The Bertz CT molecular complexity index is 1350. The number of nitrogens with one attached hydrogen (secondary N) is 2. The van der Waals surface area contributed by atoms with E-state index in [1.54, 1.807) is 30.3 Å². The minimum absolute atomic E-state index is 0.128. The summed E-state index contributed by atoms with van der Waals surface area (Å²) in [6.07, 6.45) is 1.17. The number of imidazole rings is 1. The van der Waals surface area contributed by atoms with Gasteiger partial charge in [-0.05, 0) is 42.7 Å². The second-order valence-corrected chi connectivity index (χ2v) is 10.4. The first-order valence-corrected chi connectivity index (χ1v) is 12.8. The van der Waals surface area contributed by atoms with Gasteiger partial charge in [0.15, 0.2) is 0 Å². The van der Waals surface area contributed by atoms with E-state index >= 15 is 0 Å². The second-order valence-electron chi connectivity index (χ2n) is 8.51. The van der Waals surface area contributed by atoms with Gasteiger partial charge in [0.25, 0.3) is 0 Å². The molecule has 2 atom stereocenters. The number of sulfonamides is 1. The zero-order chi connectivity index (χ0) is 23.5.